The molecule has 7 nitrogen and oxygen atoms in total. The zero-order valence-electron chi connectivity index (χ0n) is 17.2. The number of nitrogens with zero attached hydrogens (tertiary/aromatic N) is 2. The van der Waals surface area contributed by atoms with E-state index in [9.17, 15) is 9.59 Å². The first-order chi connectivity index (χ1) is 13.2. The van der Waals surface area contributed by atoms with Crippen LogP contribution in [0.25, 0.3) is 11.1 Å². The number of aryl methyl sites for hydroxylation is 2. The summed E-state index contributed by atoms with van der Waals surface area (Å²) < 4.78 is 10.6. The van der Waals surface area contributed by atoms with E-state index in [-0.39, 0.29) is 24.1 Å². The summed E-state index contributed by atoms with van der Waals surface area (Å²) in [6, 6.07) is 5.59. The molecule has 7 heteroatoms. The number of fused-ring (bicyclic) bond motifs is 1. The first kappa shape index (κ1) is 19.9. The highest BCUT2D eigenvalue weighted by Gasteiger charge is 2.34. The molecule has 1 aromatic heterocycles. The zero-order valence-corrected chi connectivity index (χ0v) is 17.2. The molecule has 0 spiro atoms. The van der Waals surface area contributed by atoms with Crippen molar-refractivity contribution in [3.63, 3.8) is 0 Å². The fourth-order valence-corrected chi connectivity index (χ4v) is 3.92. The zero-order chi connectivity index (χ0) is 20.6. The summed E-state index contributed by atoms with van der Waals surface area (Å²) in [4.78, 5) is 26.3. The van der Waals surface area contributed by atoms with E-state index < -0.39 is 6.09 Å². The molecular formula is C21H27N3O4. The molecule has 2 atom stereocenters. The molecule has 2 amide bonds. The predicted octanol–water partition coefficient (Wildman–Crippen LogP) is 4.28. The molecule has 1 aromatic carbocycles. The molecule has 3 rings (SSSR count). The van der Waals surface area contributed by atoms with E-state index >= 15 is 0 Å². The van der Waals surface area contributed by atoms with Crippen LogP contribution in [0.4, 0.5) is 10.5 Å². The van der Waals surface area contributed by atoms with Gasteiger partial charge in [-0.2, -0.15) is 0 Å². The summed E-state index contributed by atoms with van der Waals surface area (Å²) in [5.74, 6) is 0.704. The van der Waals surface area contributed by atoms with E-state index in [0.29, 0.717) is 6.42 Å². The van der Waals surface area contributed by atoms with Gasteiger partial charge in [-0.3, -0.25) is 4.79 Å². The second kappa shape index (κ2) is 7.66. The normalized spacial score (nSPS) is 18.8. The number of alkyl carbamates (subject to hydrolysis) is 1. The van der Waals surface area contributed by atoms with Crippen molar-refractivity contribution in [2.75, 3.05) is 4.90 Å². The largest absolute Gasteiger partial charge is 0.447 e. The third-order valence-electron chi connectivity index (χ3n) is 4.98. The fourth-order valence-electron chi connectivity index (χ4n) is 3.92. The number of anilines is 1. The molecular weight excluding hydrogens is 358 g/mol. The summed E-state index contributed by atoms with van der Waals surface area (Å²) in [7, 11) is 0. The van der Waals surface area contributed by atoms with E-state index in [4.69, 9.17) is 9.26 Å². The lowest BCUT2D eigenvalue weighted by Gasteiger charge is -2.39. The standard InChI is InChI=1S/C21H27N3O4/c1-11(2)27-21(26)22-18-9-12(3)24(15(6)25)19-8-7-16(10-17(18)19)20-13(4)23-28-14(20)5/h7-8,10-12,18H,9H2,1-6H3,(H,22,26)/t12-,18+/m1/s1. The van der Waals surface area contributed by atoms with E-state index in [2.05, 4.69) is 10.5 Å². The average Bonchev–Trinajstić information content (AvgIpc) is 2.92. The van der Waals surface area contributed by atoms with Gasteiger partial charge in [0.05, 0.1) is 17.8 Å². The minimum absolute atomic E-state index is 0.0259. The summed E-state index contributed by atoms with van der Waals surface area (Å²) in [6.07, 6.45) is -0.0646. The molecule has 28 heavy (non-hydrogen) atoms. The van der Waals surface area contributed by atoms with Gasteiger partial charge >= 0.3 is 6.09 Å². The van der Waals surface area contributed by atoms with Crippen molar-refractivity contribution in [2.24, 2.45) is 0 Å². The molecule has 2 heterocycles. The number of amides is 2. The number of hydrogen-bond acceptors (Lipinski definition) is 5. The maximum Gasteiger partial charge on any atom is 0.407 e. The lowest BCUT2D eigenvalue weighted by Crippen LogP contribution is -2.45. The number of nitrogens with one attached hydrogen (secondary N) is 1. The molecule has 1 aliphatic rings. The van der Waals surface area contributed by atoms with Crippen LogP contribution in [0.2, 0.25) is 0 Å². The Kier molecular flexibility index (Phi) is 5.45. The molecule has 2 aromatic rings. The summed E-state index contributed by atoms with van der Waals surface area (Å²) in [5, 5.41) is 6.99. The van der Waals surface area contributed by atoms with Crippen molar-refractivity contribution in [3.8, 4) is 11.1 Å². The van der Waals surface area contributed by atoms with Crippen LogP contribution in [0.3, 0.4) is 0 Å². The van der Waals surface area contributed by atoms with Gasteiger partial charge in [-0.05, 0) is 64.3 Å². The average molecular weight is 385 g/mol. The Morgan fingerprint density at radius 3 is 2.61 bits per heavy atom. The molecule has 0 saturated carbocycles. The molecule has 1 aliphatic heterocycles. The lowest BCUT2D eigenvalue weighted by atomic mass is 9.89. The number of benzene rings is 1. The van der Waals surface area contributed by atoms with Gasteiger partial charge in [0, 0.05) is 24.2 Å². The topological polar surface area (TPSA) is 84.7 Å². The van der Waals surface area contributed by atoms with Gasteiger partial charge < -0.3 is 19.5 Å². The Bertz CT molecular complexity index is 884. The molecule has 0 fully saturated rings. The Morgan fingerprint density at radius 2 is 2.04 bits per heavy atom. The minimum Gasteiger partial charge on any atom is -0.447 e. The Morgan fingerprint density at radius 1 is 1.32 bits per heavy atom. The van der Waals surface area contributed by atoms with Crippen molar-refractivity contribution >= 4 is 17.7 Å². The fraction of sp³-hybridized carbons (Fsp3) is 0.476. The van der Waals surface area contributed by atoms with Gasteiger partial charge in [0.2, 0.25) is 5.91 Å². The highest BCUT2D eigenvalue weighted by atomic mass is 16.6. The van der Waals surface area contributed by atoms with E-state index in [1.54, 1.807) is 11.8 Å². The van der Waals surface area contributed by atoms with Gasteiger partial charge in [0.15, 0.2) is 0 Å². The molecule has 0 radical (unpaired) electrons. The highest BCUT2D eigenvalue weighted by molar-refractivity contribution is 5.94. The lowest BCUT2D eigenvalue weighted by molar-refractivity contribution is -0.117. The van der Waals surface area contributed by atoms with Crippen LogP contribution >= 0.6 is 0 Å². The third-order valence-corrected chi connectivity index (χ3v) is 4.98. The van der Waals surface area contributed by atoms with Crippen LogP contribution in [-0.4, -0.2) is 29.3 Å². The SMILES string of the molecule is CC(=O)N1c2ccc(-c3c(C)noc3C)cc2[C@@H](NC(=O)OC(C)C)C[C@H]1C. The molecule has 150 valence electrons. The van der Waals surface area contributed by atoms with Crippen molar-refractivity contribution in [2.45, 2.75) is 66.2 Å². The van der Waals surface area contributed by atoms with Crippen LogP contribution in [0.15, 0.2) is 22.7 Å². The minimum atomic E-state index is -0.461. The molecule has 0 aliphatic carbocycles. The van der Waals surface area contributed by atoms with Crippen LogP contribution in [0.1, 0.15) is 57.2 Å². The monoisotopic (exact) mass is 385 g/mol. The second-order valence-corrected chi connectivity index (χ2v) is 7.60. The number of hydrogen-bond donors (Lipinski definition) is 1. The molecule has 0 saturated heterocycles. The van der Waals surface area contributed by atoms with Crippen molar-refractivity contribution < 1.29 is 18.8 Å². The van der Waals surface area contributed by atoms with Gasteiger partial charge in [-0.1, -0.05) is 11.2 Å². The maximum atomic E-state index is 12.3. The van der Waals surface area contributed by atoms with Crippen LogP contribution in [0.5, 0.6) is 0 Å². The number of ether oxygens (including phenoxy) is 1. The summed E-state index contributed by atoms with van der Waals surface area (Å²) >= 11 is 0. The summed E-state index contributed by atoms with van der Waals surface area (Å²) in [5.41, 5.74) is 4.35. The molecule has 1 N–H and O–H groups in total. The van der Waals surface area contributed by atoms with Crippen molar-refractivity contribution in [3.05, 3.63) is 35.2 Å². The smallest absolute Gasteiger partial charge is 0.407 e. The Balaban J connectivity index is 2.06. The van der Waals surface area contributed by atoms with Crippen LogP contribution in [0, 0.1) is 13.8 Å². The first-order valence-corrected chi connectivity index (χ1v) is 9.53. The van der Waals surface area contributed by atoms with E-state index in [0.717, 1.165) is 33.8 Å². The van der Waals surface area contributed by atoms with Crippen LogP contribution in [-0.2, 0) is 9.53 Å². The first-order valence-electron chi connectivity index (χ1n) is 9.53. The highest BCUT2D eigenvalue weighted by Crippen LogP contribution is 2.40. The van der Waals surface area contributed by atoms with Gasteiger partial charge in [-0.25, -0.2) is 4.79 Å². The Labute approximate surface area is 165 Å². The van der Waals surface area contributed by atoms with Gasteiger partial charge in [0.1, 0.15) is 5.76 Å². The van der Waals surface area contributed by atoms with Gasteiger partial charge in [0.25, 0.3) is 0 Å². The summed E-state index contributed by atoms with van der Waals surface area (Å²) in [6.45, 7) is 10.9. The number of aromatic nitrogens is 1. The van der Waals surface area contributed by atoms with Gasteiger partial charge in [-0.15, -0.1) is 0 Å². The third kappa shape index (κ3) is 3.74. The maximum absolute atomic E-state index is 12.3. The van der Waals surface area contributed by atoms with E-state index in [1.165, 1.54) is 0 Å². The number of carbonyl (C=O) groups excluding carboxylic acids is 2. The predicted molar refractivity (Wildman–Crippen MR) is 106 cm³/mol. The van der Waals surface area contributed by atoms with Crippen molar-refractivity contribution in [1.29, 1.82) is 0 Å². The Hall–Kier alpha value is -2.83. The van der Waals surface area contributed by atoms with E-state index in [1.807, 2.05) is 52.8 Å². The quantitative estimate of drug-likeness (QED) is 0.852. The number of rotatable bonds is 3. The van der Waals surface area contributed by atoms with Crippen LogP contribution < -0.4 is 10.2 Å². The van der Waals surface area contributed by atoms with Crippen molar-refractivity contribution in [1.82, 2.24) is 10.5 Å². The molecule has 0 unspecified atom stereocenters. The second-order valence-electron chi connectivity index (χ2n) is 7.60. The molecule has 0 bridgehead atoms. The number of carbonyl (C=O) groups is 2.